The van der Waals surface area contributed by atoms with E-state index in [9.17, 15) is 24.0 Å². The molecule has 5 rings (SSSR count). The lowest BCUT2D eigenvalue weighted by atomic mass is 9.87. The fourth-order valence-electron chi connectivity index (χ4n) is 4.88. The van der Waals surface area contributed by atoms with E-state index in [2.05, 4.69) is 16.1 Å². The quantitative estimate of drug-likeness (QED) is 0.449. The van der Waals surface area contributed by atoms with E-state index in [0.29, 0.717) is 16.1 Å². The minimum Gasteiger partial charge on any atom is -0.319 e. The van der Waals surface area contributed by atoms with Crippen molar-refractivity contribution in [3.8, 4) is 0 Å². The van der Waals surface area contributed by atoms with E-state index in [0.717, 1.165) is 15.7 Å². The smallest absolute Gasteiger partial charge is 0.319 e. The summed E-state index contributed by atoms with van der Waals surface area (Å²) in [5.41, 5.74) is 0.685. The molecule has 2 aliphatic heterocycles. The number of benzene rings is 3. The average Bonchev–Trinajstić information content (AvgIpc) is 3.28. The van der Waals surface area contributed by atoms with Crippen LogP contribution in [0.2, 0.25) is 0 Å². The molecule has 0 saturated carbocycles. The van der Waals surface area contributed by atoms with E-state index in [-0.39, 0.29) is 6.42 Å². The lowest BCUT2D eigenvalue weighted by Gasteiger charge is -2.25. The maximum absolute atomic E-state index is 13.3. The molecule has 2 fully saturated rings. The van der Waals surface area contributed by atoms with Crippen LogP contribution in [0.25, 0.3) is 10.8 Å². The Bertz CT molecular complexity index is 1460. The zero-order valence-corrected chi connectivity index (χ0v) is 20.3. The van der Waals surface area contributed by atoms with Crippen LogP contribution >= 0.6 is 0 Å². The summed E-state index contributed by atoms with van der Waals surface area (Å²) >= 11 is 0. The monoisotopic (exact) mass is 499 g/mol. The van der Waals surface area contributed by atoms with Gasteiger partial charge in [-0.1, -0.05) is 73.7 Å². The van der Waals surface area contributed by atoms with Gasteiger partial charge >= 0.3 is 12.1 Å². The van der Waals surface area contributed by atoms with E-state index in [1.54, 1.807) is 50.2 Å². The maximum Gasteiger partial charge on any atom is 0.344 e. The van der Waals surface area contributed by atoms with E-state index in [1.807, 2.05) is 36.4 Å². The zero-order chi connectivity index (χ0) is 26.4. The Balaban J connectivity index is 1.32. The first-order chi connectivity index (χ1) is 17.7. The summed E-state index contributed by atoms with van der Waals surface area (Å²) in [6.07, 6.45) is 0.255. The molecule has 2 saturated heterocycles. The van der Waals surface area contributed by atoms with Gasteiger partial charge < -0.3 is 10.6 Å². The number of amides is 7. The Morgan fingerprint density at radius 1 is 0.811 bits per heavy atom. The summed E-state index contributed by atoms with van der Waals surface area (Å²) in [6.45, 7) is 2.65. The SMILES string of the molecule is CCC1(c2ccccc2)NC(=O)N(NC(=O)CN2C(=O)NC(C)(c3ccc4ccccc4c3)C2=O)C1=O. The highest BCUT2D eigenvalue weighted by Gasteiger charge is 2.53. The molecule has 2 heterocycles. The summed E-state index contributed by atoms with van der Waals surface area (Å²) in [6, 6.07) is 20.2. The first-order valence-corrected chi connectivity index (χ1v) is 11.8. The highest BCUT2D eigenvalue weighted by atomic mass is 16.2. The minimum absolute atomic E-state index is 0.255. The lowest BCUT2D eigenvalue weighted by Crippen LogP contribution is -2.52. The third-order valence-electron chi connectivity index (χ3n) is 7.03. The third kappa shape index (κ3) is 3.77. The van der Waals surface area contributed by atoms with E-state index in [1.165, 1.54) is 0 Å². The fraction of sp³-hybridized carbons (Fsp3) is 0.222. The van der Waals surface area contributed by atoms with Crippen LogP contribution in [0.1, 0.15) is 31.4 Å². The molecule has 0 aliphatic carbocycles. The van der Waals surface area contributed by atoms with Gasteiger partial charge in [-0.2, -0.15) is 5.01 Å². The topological polar surface area (TPSA) is 128 Å². The summed E-state index contributed by atoms with van der Waals surface area (Å²) in [5.74, 6) is -2.14. The first kappa shape index (κ1) is 24.0. The molecule has 7 amide bonds. The van der Waals surface area contributed by atoms with Crippen molar-refractivity contribution in [3.05, 3.63) is 83.9 Å². The Kier molecular flexibility index (Phi) is 5.66. The molecule has 188 valence electrons. The Hall–Kier alpha value is -4.73. The van der Waals surface area contributed by atoms with Gasteiger partial charge in [-0.05, 0) is 41.3 Å². The van der Waals surface area contributed by atoms with Crippen molar-refractivity contribution in [1.82, 2.24) is 26.0 Å². The van der Waals surface area contributed by atoms with Crippen molar-refractivity contribution >= 4 is 40.6 Å². The van der Waals surface area contributed by atoms with Crippen LogP contribution in [0.3, 0.4) is 0 Å². The second kappa shape index (κ2) is 8.74. The summed E-state index contributed by atoms with van der Waals surface area (Å²) in [5, 5.41) is 7.81. The minimum atomic E-state index is -1.38. The van der Waals surface area contributed by atoms with Gasteiger partial charge in [-0.3, -0.25) is 24.7 Å². The van der Waals surface area contributed by atoms with Gasteiger partial charge in [0.05, 0.1) is 0 Å². The number of fused-ring (bicyclic) bond motifs is 1. The zero-order valence-electron chi connectivity index (χ0n) is 20.3. The predicted octanol–water partition coefficient (Wildman–Crippen LogP) is 2.50. The Morgan fingerprint density at radius 3 is 2.19 bits per heavy atom. The third-order valence-corrected chi connectivity index (χ3v) is 7.03. The number of hydrogen-bond acceptors (Lipinski definition) is 5. The second-order valence-corrected chi connectivity index (χ2v) is 9.24. The van der Waals surface area contributed by atoms with Gasteiger partial charge in [0.2, 0.25) is 0 Å². The number of urea groups is 2. The normalized spacial score (nSPS) is 23.4. The molecule has 10 nitrogen and oxygen atoms in total. The van der Waals surface area contributed by atoms with E-state index < -0.39 is 47.4 Å². The van der Waals surface area contributed by atoms with Crippen LogP contribution in [0.15, 0.2) is 72.8 Å². The molecule has 0 radical (unpaired) electrons. The second-order valence-electron chi connectivity index (χ2n) is 9.24. The van der Waals surface area contributed by atoms with Crippen LogP contribution in [-0.4, -0.2) is 46.2 Å². The van der Waals surface area contributed by atoms with Crippen molar-refractivity contribution in [2.45, 2.75) is 31.3 Å². The number of rotatable bonds is 6. The number of carbonyl (C=O) groups is 5. The van der Waals surface area contributed by atoms with Crippen LogP contribution in [0.4, 0.5) is 9.59 Å². The first-order valence-electron chi connectivity index (χ1n) is 11.8. The fourth-order valence-corrected chi connectivity index (χ4v) is 4.88. The standard InChI is InChI=1S/C27H25N5O5/c1-3-27(19-11-5-4-6-12-19)23(35)32(25(37)29-27)30-21(33)16-31-22(34)26(2,28-24(31)36)20-14-13-17-9-7-8-10-18(17)15-20/h4-15H,3,16H2,1-2H3,(H,28,36)(H,29,37)(H,30,33). The summed E-state index contributed by atoms with van der Waals surface area (Å²) in [4.78, 5) is 65.5. The molecule has 2 unspecified atom stereocenters. The Labute approximate surface area is 212 Å². The average molecular weight is 500 g/mol. The molecular formula is C27H25N5O5. The molecule has 0 aromatic heterocycles. The van der Waals surface area contributed by atoms with Crippen molar-refractivity contribution in [2.75, 3.05) is 6.54 Å². The van der Waals surface area contributed by atoms with E-state index in [4.69, 9.17) is 0 Å². The number of imide groups is 2. The van der Waals surface area contributed by atoms with Crippen molar-refractivity contribution < 1.29 is 24.0 Å². The van der Waals surface area contributed by atoms with Gasteiger partial charge in [0.15, 0.2) is 0 Å². The molecule has 0 bridgehead atoms. The van der Waals surface area contributed by atoms with Crippen LogP contribution < -0.4 is 16.1 Å². The molecule has 0 spiro atoms. The molecule has 37 heavy (non-hydrogen) atoms. The molecule has 3 N–H and O–H groups in total. The number of carbonyl (C=O) groups excluding carboxylic acids is 5. The van der Waals surface area contributed by atoms with Crippen molar-refractivity contribution in [1.29, 1.82) is 0 Å². The van der Waals surface area contributed by atoms with Gasteiger partial charge in [0, 0.05) is 0 Å². The molecule has 10 heteroatoms. The maximum atomic E-state index is 13.3. The number of nitrogens with one attached hydrogen (secondary N) is 3. The van der Waals surface area contributed by atoms with Gasteiger partial charge in [0.1, 0.15) is 17.6 Å². The molecule has 2 aliphatic rings. The van der Waals surface area contributed by atoms with Crippen molar-refractivity contribution in [3.63, 3.8) is 0 Å². The highest BCUT2D eigenvalue weighted by molar-refractivity contribution is 6.11. The lowest BCUT2D eigenvalue weighted by molar-refractivity contribution is -0.141. The van der Waals surface area contributed by atoms with Gasteiger partial charge in [-0.15, -0.1) is 0 Å². The summed E-state index contributed by atoms with van der Waals surface area (Å²) in [7, 11) is 0. The molecule has 3 aromatic carbocycles. The van der Waals surface area contributed by atoms with Crippen molar-refractivity contribution in [2.24, 2.45) is 0 Å². The van der Waals surface area contributed by atoms with Gasteiger partial charge in [-0.25, -0.2) is 9.59 Å². The number of hydrogen-bond donors (Lipinski definition) is 3. The van der Waals surface area contributed by atoms with E-state index >= 15 is 0 Å². The molecule has 3 aromatic rings. The summed E-state index contributed by atoms with van der Waals surface area (Å²) < 4.78 is 0. The molecular weight excluding hydrogens is 474 g/mol. The largest absolute Gasteiger partial charge is 0.344 e. The van der Waals surface area contributed by atoms with Gasteiger partial charge in [0.25, 0.3) is 17.7 Å². The number of nitrogens with zero attached hydrogens (tertiary/aromatic N) is 2. The predicted molar refractivity (Wildman–Crippen MR) is 133 cm³/mol. The van der Waals surface area contributed by atoms with Crippen LogP contribution in [0.5, 0.6) is 0 Å². The Morgan fingerprint density at radius 2 is 1.49 bits per heavy atom. The highest BCUT2D eigenvalue weighted by Crippen LogP contribution is 2.32. The number of hydrazine groups is 1. The molecule has 2 atom stereocenters. The van der Waals surface area contributed by atoms with Crippen LogP contribution in [0, 0.1) is 0 Å². The van der Waals surface area contributed by atoms with Crippen LogP contribution in [-0.2, 0) is 25.5 Å².